The molecule has 112 valence electrons. The molecule has 1 aromatic rings. The smallest absolute Gasteiger partial charge is 0.294 e. The monoisotopic (exact) mass is 292 g/mol. The van der Waals surface area contributed by atoms with Crippen LogP contribution in [0.1, 0.15) is 18.9 Å². The molecule has 0 aromatic heterocycles. The van der Waals surface area contributed by atoms with E-state index in [1.165, 1.54) is 13.1 Å². The second-order valence-electron chi connectivity index (χ2n) is 4.81. The number of nitrogens with zero attached hydrogens (tertiary/aromatic N) is 1. The Labute approximate surface area is 121 Å². The van der Waals surface area contributed by atoms with E-state index in [0.29, 0.717) is 18.5 Å². The maximum absolute atomic E-state index is 11.5. The number of likely N-dealkylation sites (N-methyl/N-ethyl adjacent to an activating group) is 1. The number of hydrogen-bond donors (Lipinski definition) is 3. The normalized spacial score (nSPS) is 14.7. The van der Waals surface area contributed by atoms with Crippen LogP contribution in [-0.2, 0) is 16.0 Å². The summed E-state index contributed by atoms with van der Waals surface area (Å²) in [6, 6.07) is 2.34. The lowest BCUT2D eigenvalue weighted by molar-refractivity contribution is -0.383. The van der Waals surface area contributed by atoms with Gasteiger partial charge in [0.15, 0.2) is 0 Å². The fourth-order valence-corrected chi connectivity index (χ4v) is 2.20. The van der Waals surface area contributed by atoms with Gasteiger partial charge in [0.2, 0.25) is 11.8 Å². The first-order valence-corrected chi connectivity index (χ1v) is 6.51. The van der Waals surface area contributed by atoms with Crippen LogP contribution in [0.3, 0.4) is 0 Å². The highest BCUT2D eigenvalue weighted by atomic mass is 16.6. The van der Waals surface area contributed by atoms with Crippen LogP contribution < -0.4 is 16.0 Å². The average Bonchev–Trinajstić information content (AvgIpc) is 2.45. The summed E-state index contributed by atoms with van der Waals surface area (Å²) < 4.78 is 0. The first-order chi connectivity index (χ1) is 9.92. The lowest BCUT2D eigenvalue weighted by Gasteiger charge is -2.20. The molecule has 1 heterocycles. The molecule has 0 saturated heterocycles. The van der Waals surface area contributed by atoms with Crippen molar-refractivity contribution in [3.63, 3.8) is 0 Å². The standard InChI is InChI=1S/C13H16N4O4/c1-7(13(19)14-2)15-10-5-8-3-4-12(18)16-9(8)6-11(10)17(20)21/h5-7,15H,3-4H2,1-2H3,(H,14,19)(H,16,18). The van der Waals surface area contributed by atoms with Crippen LogP contribution in [0, 0.1) is 10.1 Å². The molecule has 3 N–H and O–H groups in total. The highest BCUT2D eigenvalue weighted by Crippen LogP contribution is 2.34. The molecule has 0 spiro atoms. The van der Waals surface area contributed by atoms with Gasteiger partial charge in [0.25, 0.3) is 5.69 Å². The molecule has 8 nitrogen and oxygen atoms in total. The number of nitro groups is 1. The molecular weight excluding hydrogens is 276 g/mol. The van der Waals surface area contributed by atoms with Gasteiger partial charge in [-0.2, -0.15) is 0 Å². The summed E-state index contributed by atoms with van der Waals surface area (Å²) in [6.45, 7) is 1.61. The number of rotatable bonds is 4. The van der Waals surface area contributed by atoms with Crippen molar-refractivity contribution in [1.29, 1.82) is 0 Å². The molecule has 0 saturated carbocycles. The van der Waals surface area contributed by atoms with Crippen molar-refractivity contribution in [3.8, 4) is 0 Å². The number of carbonyl (C=O) groups is 2. The lowest BCUT2D eigenvalue weighted by atomic mass is 10.0. The van der Waals surface area contributed by atoms with Gasteiger partial charge in [-0.25, -0.2) is 0 Å². The van der Waals surface area contributed by atoms with Crippen molar-refractivity contribution in [2.75, 3.05) is 17.7 Å². The number of aryl methyl sites for hydroxylation is 1. The molecule has 2 rings (SSSR count). The van der Waals surface area contributed by atoms with E-state index in [0.717, 1.165) is 5.56 Å². The lowest BCUT2D eigenvalue weighted by Crippen LogP contribution is -2.35. The van der Waals surface area contributed by atoms with Crippen LogP contribution in [0.4, 0.5) is 17.1 Å². The summed E-state index contributed by atoms with van der Waals surface area (Å²) in [5, 5.41) is 19.1. The molecule has 2 amide bonds. The Morgan fingerprint density at radius 3 is 2.76 bits per heavy atom. The van der Waals surface area contributed by atoms with E-state index in [1.54, 1.807) is 13.0 Å². The average molecular weight is 292 g/mol. The molecule has 0 bridgehead atoms. The van der Waals surface area contributed by atoms with Crippen molar-refractivity contribution in [1.82, 2.24) is 5.32 Å². The van der Waals surface area contributed by atoms with Crippen molar-refractivity contribution < 1.29 is 14.5 Å². The van der Waals surface area contributed by atoms with Gasteiger partial charge in [-0.15, -0.1) is 0 Å². The third-order valence-corrected chi connectivity index (χ3v) is 3.33. The second-order valence-corrected chi connectivity index (χ2v) is 4.81. The highest BCUT2D eigenvalue weighted by molar-refractivity contribution is 5.95. The van der Waals surface area contributed by atoms with Crippen molar-refractivity contribution in [3.05, 3.63) is 27.8 Å². The van der Waals surface area contributed by atoms with Crippen LogP contribution in [-0.4, -0.2) is 29.8 Å². The Morgan fingerprint density at radius 2 is 2.14 bits per heavy atom. The Hall–Kier alpha value is -2.64. The van der Waals surface area contributed by atoms with E-state index in [1.807, 2.05) is 0 Å². The molecule has 8 heteroatoms. The summed E-state index contributed by atoms with van der Waals surface area (Å²) in [4.78, 5) is 33.5. The SMILES string of the molecule is CNC(=O)C(C)Nc1cc2c(cc1[N+](=O)[O-])NC(=O)CC2. The third-order valence-electron chi connectivity index (χ3n) is 3.33. The maximum atomic E-state index is 11.5. The van der Waals surface area contributed by atoms with Gasteiger partial charge < -0.3 is 16.0 Å². The Kier molecular flexibility index (Phi) is 4.06. The van der Waals surface area contributed by atoms with Gasteiger partial charge in [0, 0.05) is 19.5 Å². The number of carbonyl (C=O) groups excluding carboxylic acids is 2. The van der Waals surface area contributed by atoms with E-state index in [2.05, 4.69) is 16.0 Å². The number of benzene rings is 1. The van der Waals surface area contributed by atoms with Crippen molar-refractivity contribution >= 4 is 28.9 Å². The summed E-state index contributed by atoms with van der Waals surface area (Å²) in [6.07, 6.45) is 0.859. The second kappa shape index (κ2) is 5.78. The van der Waals surface area contributed by atoms with E-state index < -0.39 is 11.0 Å². The first-order valence-electron chi connectivity index (χ1n) is 6.51. The molecule has 0 radical (unpaired) electrons. The zero-order chi connectivity index (χ0) is 15.6. The minimum Gasteiger partial charge on any atom is -0.368 e. The number of anilines is 2. The number of amides is 2. The quantitative estimate of drug-likeness (QED) is 0.566. The van der Waals surface area contributed by atoms with Crippen LogP contribution in [0.5, 0.6) is 0 Å². The fraction of sp³-hybridized carbons (Fsp3) is 0.385. The predicted octanol–water partition coefficient (Wildman–Crippen LogP) is 1.03. The molecule has 1 aromatic carbocycles. The minimum atomic E-state index is -0.607. The fourth-order valence-electron chi connectivity index (χ4n) is 2.20. The molecule has 1 unspecified atom stereocenters. The van der Waals surface area contributed by atoms with E-state index in [9.17, 15) is 19.7 Å². The number of nitrogens with one attached hydrogen (secondary N) is 3. The van der Waals surface area contributed by atoms with Crippen LogP contribution in [0.2, 0.25) is 0 Å². The first kappa shape index (κ1) is 14.8. The van der Waals surface area contributed by atoms with Crippen LogP contribution in [0.25, 0.3) is 0 Å². The van der Waals surface area contributed by atoms with Crippen molar-refractivity contribution in [2.45, 2.75) is 25.8 Å². The number of hydrogen-bond acceptors (Lipinski definition) is 5. The third kappa shape index (κ3) is 3.10. The van der Waals surface area contributed by atoms with Crippen LogP contribution in [0.15, 0.2) is 12.1 Å². The van der Waals surface area contributed by atoms with Gasteiger partial charge in [0.1, 0.15) is 11.7 Å². The minimum absolute atomic E-state index is 0.156. The Morgan fingerprint density at radius 1 is 1.43 bits per heavy atom. The molecule has 21 heavy (non-hydrogen) atoms. The van der Waals surface area contributed by atoms with E-state index >= 15 is 0 Å². The summed E-state index contributed by atoms with van der Waals surface area (Å²) in [5.41, 5.74) is 1.36. The molecule has 1 atom stereocenters. The molecule has 1 aliphatic heterocycles. The molecule has 1 aliphatic rings. The topological polar surface area (TPSA) is 113 Å². The molecule has 0 aliphatic carbocycles. The molecule has 0 fully saturated rings. The molecular formula is C13H16N4O4. The van der Waals surface area contributed by atoms with Gasteiger partial charge in [-0.1, -0.05) is 0 Å². The van der Waals surface area contributed by atoms with Gasteiger partial charge >= 0.3 is 0 Å². The van der Waals surface area contributed by atoms with Crippen molar-refractivity contribution in [2.24, 2.45) is 0 Å². The van der Waals surface area contributed by atoms with Gasteiger partial charge in [-0.05, 0) is 25.0 Å². The van der Waals surface area contributed by atoms with E-state index in [-0.39, 0.29) is 23.2 Å². The van der Waals surface area contributed by atoms with Gasteiger partial charge in [0.05, 0.1) is 10.6 Å². The maximum Gasteiger partial charge on any atom is 0.294 e. The predicted molar refractivity (Wildman–Crippen MR) is 77.2 cm³/mol. The number of nitro benzene ring substituents is 1. The summed E-state index contributed by atoms with van der Waals surface area (Å²) in [5.74, 6) is -0.424. The number of fused-ring (bicyclic) bond motifs is 1. The van der Waals surface area contributed by atoms with Gasteiger partial charge in [-0.3, -0.25) is 19.7 Å². The zero-order valence-corrected chi connectivity index (χ0v) is 11.7. The Bertz CT molecular complexity index is 614. The highest BCUT2D eigenvalue weighted by Gasteiger charge is 2.24. The summed E-state index contributed by atoms with van der Waals surface area (Å²) in [7, 11) is 1.50. The zero-order valence-electron chi connectivity index (χ0n) is 11.7. The van der Waals surface area contributed by atoms with Crippen LogP contribution >= 0.6 is 0 Å². The summed E-state index contributed by atoms with van der Waals surface area (Å²) >= 11 is 0. The van der Waals surface area contributed by atoms with E-state index in [4.69, 9.17) is 0 Å². The Balaban J connectivity index is 2.38. The largest absolute Gasteiger partial charge is 0.368 e.